The number of primary amides is 1. The molecule has 0 spiro atoms. The van der Waals surface area contributed by atoms with E-state index >= 15 is 0 Å². The summed E-state index contributed by atoms with van der Waals surface area (Å²) in [5.41, 5.74) is 5.08. The zero-order valence-electron chi connectivity index (χ0n) is 11.0. The number of nitrogens with two attached hydrogens (primary N) is 1. The van der Waals surface area contributed by atoms with Gasteiger partial charge in [-0.1, -0.05) is 13.8 Å². The van der Waals surface area contributed by atoms with Crippen LogP contribution in [0.3, 0.4) is 0 Å². The predicted molar refractivity (Wildman–Crippen MR) is 61.5 cm³/mol. The number of carboxylic acid groups (broad SMARTS) is 1. The molecule has 7 nitrogen and oxygen atoms in total. The average Bonchev–Trinajstić information content (AvgIpc) is 2.30. The number of hydrogen-bond acceptors (Lipinski definition) is 6. The summed E-state index contributed by atoms with van der Waals surface area (Å²) in [4.78, 5) is 30.5. The minimum atomic E-state index is -1.20. The Morgan fingerprint density at radius 1 is 1.28 bits per heavy atom. The molecule has 1 amide bonds. The molecule has 0 aliphatic rings. The molecule has 0 aliphatic heterocycles. The second-order valence-electron chi connectivity index (χ2n) is 4.08. The maximum Gasteiger partial charge on any atom is 1.00 e. The molecule has 102 valence electrons. The van der Waals surface area contributed by atoms with Gasteiger partial charge in [-0.15, -0.1) is 0 Å². The van der Waals surface area contributed by atoms with Gasteiger partial charge in [-0.2, -0.15) is 0 Å². The molecule has 0 radical (unpaired) electrons. The van der Waals surface area contributed by atoms with Crippen LogP contribution in [-0.4, -0.2) is 36.9 Å². The van der Waals surface area contributed by atoms with Crippen molar-refractivity contribution in [3.05, 3.63) is 0 Å². The van der Waals surface area contributed by atoms with Gasteiger partial charge in [-0.05, 0) is 24.3 Å². The van der Waals surface area contributed by atoms with E-state index in [2.05, 4.69) is 0 Å². The number of hydrogen-bond donors (Lipinski definition) is 4. The van der Waals surface area contributed by atoms with Gasteiger partial charge in [0.2, 0.25) is 5.91 Å². The fourth-order valence-electron chi connectivity index (χ4n) is 1.39. The molecule has 0 rings (SSSR count). The summed E-state index contributed by atoms with van der Waals surface area (Å²) >= 11 is 0. The zero-order valence-corrected chi connectivity index (χ0v) is 14.4. The molecule has 0 bridgehead atoms. The van der Waals surface area contributed by atoms with Crippen LogP contribution in [0.25, 0.3) is 0 Å². The zero-order chi connectivity index (χ0) is 14.0. The second kappa shape index (κ2) is 13.5. The Morgan fingerprint density at radius 3 is 2.00 bits per heavy atom. The van der Waals surface area contributed by atoms with E-state index in [0.717, 1.165) is 0 Å². The van der Waals surface area contributed by atoms with Crippen molar-refractivity contribution < 1.29 is 59.6 Å². The number of aliphatic carboxylic acids is 1. The first-order valence-electron chi connectivity index (χ1n) is 5.19. The van der Waals surface area contributed by atoms with Crippen LogP contribution in [0.4, 0.5) is 0 Å². The first-order chi connectivity index (χ1) is 7.88. The van der Waals surface area contributed by atoms with Crippen LogP contribution >= 0.6 is 0 Å². The molecule has 0 unspecified atom stereocenters. The Balaban J connectivity index is -0.000000709. The first-order valence-corrected chi connectivity index (χ1v) is 6.64. The molecule has 0 aliphatic carbocycles. The molecule has 0 saturated carbocycles. The van der Waals surface area contributed by atoms with Crippen molar-refractivity contribution >= 4 is 21.6 Å². The van der Waals surface area contributed by atoms with E-state index in [0.29, 0.717) is 6.42 Å². The summed E-state index contributed by atoms with van der Waals surface area (Å²) in [6.45, 7) is 3.40. The summed E-state index contributed by atoms with van der Waals surface area (Å²) in [6, 6.07) is 0. The molecular formula is C9H20NNaO6Si. The van der Waals surface area contributed by atoms with E-state index < -0.39 is 33.5 Å². The van der Waals surface area contributed by atoms with Gasteiger partial charge in [0, 0.05) is 11.9 Å². The van der Waals surface area contributed by atoms with E-state index in [1.54, 1.807) is 13.8 Å². The number of carbonyl (C=O) groups excluding carboxylic acids is 2. The first kappa shape index (κ1) is 23.2. The Kier molecular flexibility index (Phi) is 17.3. The van der Waals surface area contributed by atoms with Crippen LogP contribution < -0.4 is 40.4 Å². The Bertz CT molecular complexity index is 243. The average molecular weight is 289 g/mol. The summed E-state index contributed by atoms with van der Waals surface area (Å²) in [7, 11) is -1.20. The van der Waals surface area contributed by atoms with Crippen molar-refractivity contribution in [1.29, 1.82) is 0 Å². The van der Waals surface area contributed by atoms with E-state index in [1.165, 1.54) is 0 Å². The number of carbonyl (C=O) groups is 2. The third-order valence-electron chi connectivity index (χ3n) is 2.46. The topological polar surface area (TPSA) is 144 Å². The number of carboxylic acids is 1. The Morgan fingerprint density at radius 2 is 1.72 bits per heavy atom. The van der Waals surface area contributed by atoms with Gasteiger partial charge in [0.15, 0.2) is 9.76 Å². The molecule has 9 heteroatoms. The van der Waals surface area contributed by atoms with Crippen LogP contribution in [0.1, 0.15) is 26.7 Å². The number of rotatable bonds is 7. The van der Waals surface area contributed by atoms with Crippen molar-refractivity contribution in [3.8, 4) is 0 Å². The van der Waals surface area contributed by atoms with E-state index in [1.807, 2.05) is 0 Å². The van der Waals surface area contributed by atoms with Crippen LogP contribution in [0, 0.1) is 11.8 Å². The molecule has 5 N–H and O–H groups in total. The van der Waals surface area contributed by atoms with Crippen LogP contribution in [0.5, 0.6) is 0 Å². The Labute approximate surface area is 131 Å². The molecule has 0 heterocycles. The van der Waals surface area contributed by atoms with Gasteiger partial charge in [0.05, 0.1) is 0 Å². The fourth-order valence-corrected chi connectivity index (χ4v) is 1.94. The quantitative estimate of drug-likeness (QED) is 0.210. The summed E-state index contributed by atoms with van der Waals surface area (Å²) in [5.74, 6) is -2.84. The third kappa shape index (κ3) is 11.1. The number of amides is 1. The van der Waals surface area contributed by atoms with E-state index in [4.69, 9.17) is 21.0 Å². The van der Waals surface area contributed by atoms with Crippen molar-refractivity contribution in [1.82, 2.24) is 0 Å². The molecule has 0 fully saturated rings. The summed E-state index contributed by atoms with van der Waals surface area (Å²) in [6.07, 6.45) is 0.555. The smallest absolute Gasteiger partial charge is 0.550 e. The van der Waals surface area contributed by atoms with Crippen molar-refractivity contribution in [2.75, 3.05) is 0 Å². The SMILES string of the molecule is C[C@H](C[C@H](C[C@H](C)[SiH2]O)C(=O)[O-])C(N)=O.OO.[Na+]. The normalized spacial score (nSPS) is 14.9. The maximum atomic E-state index is 10.8. The van der Waals surface area contributed by atoms with Crippen LogP contribution in [-0.2, 0) is 9.59 Å². The molecule has 0 saturated heterocycles. The van der Waals surface area contributed by atoms with Crippen LogP contribution in [0.2, 0.25) is 5.54 Å². The monoisotopic (exact) mass is 289 g/mol. The molecule has 0 aromatic carbocycles. The van der Waals surface area contributed by atoms with Crippen molar-refractivity contribution in [2.45, 2.75) is 32.2 Å². The molecular weight excluding hydrogens is 269 g/mol. The van der Waals surface area contributed by atoms with E-state index in [9.17, 15) is 14.7 Å². The molecule has 0 aromatic rings. The summed E-state index contributed by atoms with van der Waals surface area (Å²) < 4.78 is 0. The van der Waals surface area contributed by atoms with Gasteiger partial charge in [0.1, 0.15) is 0 Å². The van der Waals surface area contributed by atoms with Gasteiger partial charge < -0.3 is 20.4 Å². The second-order valence-corrected chi connectivity index (χ2v) is 5.84. The summed E-state index contributed by atoms with van der Waals surface area (Å²) in [5, 5.41) is 22.8. The van der Waals surface area contributed by atoms with Gasteiger partial charge in [0.25, 0.3) is 0 Å². The standard InChI is InChI=1S/C9H19NO4Si.Na.H2O2/c1-5(8(10)11)3-7(9(12)13)4-6(2)15-14;;1-2/h5-7,14H,3-4,15H2,1-2H3,(H2,10,11)(H,12,13);;1-2H/q;+1;/p-1/t5-,6+,7-;;/m1../s1. The van der Waals surface area contributed by atoms with Gasteiger partial charge >= 0.3 is 29.6 Å². The minimum absolute atomic E-state index is 0. The largest absolute Gasteiger partial charge is 1.00 e. The van der Waals surface area contributed by atoms with Crippen LogP contribution in [0.15, 0.2) is 0 Å². The predicted octanol–water partition coefficient (Wildman–Crippen LogP) is -4.84. The van der Waals surface area contributed by atoms with Crippen molar-refractivity contribution in [2.24, 2.45) is 17.6 Å². The van der Waals surface area contributed by atoms with Gasteiger partial charge in [-0.25, -0.2) is 0 Å². The van der Waals surface area contributed by atoms with E-state index in [-0.39, 0.29) is 41.5 Å². The van der Waals surface area contributed by atoms with Gasteiger partial charge in [-0.3, -0.25) is 15.3 Å². The fraction of sp³-hybridized carbons (Fsp3) is 0.778. The Hall–Kier alpha value is 0.0369. The van der Waals surface area contributed by atoms with Crippen molar-refractivity contribution in [3.63, 3.8) is 0 Å². The molecule has 0 aromatic heterocycles. The molecule has 3 atom stereocenters. The minimum Gasteiger partial charge on any atom is -0.550 e. The molecule has 18 heavy (non-hydrogen) atoms. The third-order valence-corrected chi connectivity index (χ3v) is 3.41. The maximum absolute atomic E-state index is 10.8.